The van der Waals surface area contributed by atoms with Gasteiger partial charge in [-0.3, -0.25) is 9.78 Å². The van der Waals surface area contributed by atoms with Crippen LogP contribution in [-0.4, -0.2) is 36.2 Å². The van der Waals surface area contributed by atoms with Gasteiger partial charge in [0, 0.05) is 31.2 Å². The van der Waals surface area contributed by atoms with E-state index in [9.17, 15) is 4.79 Å². The molecule has 0 bridgehead atoms. The average Bonchev–Trinajstić information content (AvgIpc) is 2.98. The molecule has 2 saturated heterocycles. The lowest BCUT2D eigenvalue weighted by Crippen LogP contribution is -2.39. The summed E-state index contributed by atoms with van der Waals surface area (Å²) in [6.07, 6.45) is 7.58. The summed E-state index contributed by atoms with van der Waals surface area (Å²) in [5.74, 6) is 0.232. The van der Waals surface area contributed by atoms with Gasteiger partial charge < -0.3 is 15.4 Å². The fraction of sp³-hybridized carbons (Fsp3) is 0.625. The molecule has 3 rings (SSSR count). The van der Waals surface area contributed by atoms with Crippen molar-refractivity contribution in [1.29, 1.82) is 0 Å². The number of carbonyl (C=O) groups excluding carboxylic acids is 1. The monoisotopic (exact) mass is 289 g/mol. The van der Waals surface area contributed by atoms with Crippen LogP contribution in [0.3, 0.4) is 0 Å². The number of amides is 1. The number of primary amides is 1. The van der Waals surface area contributed by atoms with E-state index in [-0.39, 0.29) is 18.1 Å². The Hall–Kier alpha value is -1.62. The van der Waals surface area contributed by atoms with E-state index >= 15 is 0 Å². The molecule has 0 radical (unpaired) electrons. The predicted octanol–water partition coefficient (Wildman–Crippen LogP) is 1.64. The molecule has 5 heteroatoms. The maximum Gasteiger partial charge on any atom is 0.246 e. The minimum atomic E-state index is -0.365. The van der Waals surface area contributed by atoms with Crippen LogP contribution in [0, 0.1) is 12.8 Å². The van der Waals surface area contributed by atoms with Crippen molar-refractivity contribution in [1.82, 2.24) is 4.98 Å². The molecule has 2 atom stereocenters. The van der Waals surface area contributed by atoms with Gasteiger partial charge >= 0.3 is 0 Å². The third-order valence-electron chi connectivity index (χ3n) is 4.77. The highest BCUT2D eigenvalue weighted by atomic mass is 16.5. The molecule has 21 heavy (non-hydrogen) atoms. The van der Waals surface area contributed by atoms with Crippen LogP contribution in [0.25, 0.3) is 0 Å². The molecule has 0 aliphatic carbocycles. The average molecular weight is 289 g/mol. The van der Waals surface area contributed by atoms with Crippen molar-refractivity contribution in [3.8, 4) is 0 Å². The van der Waals surface area contributed by atoms with Crippen molar-refractivity contribution in [3.05, 3.63) is 24.0 Å². The minimum Gasteiger partial charge on any atom is -0.371 e. The van der Waals surface area contributed by atoms with Crippen molar-refractivity contribution in [2.24, 2.45) is 11.7 Å². The summed E-state index contributed by atoms with van der Waals surface area (Å²) in [4.78, 5) is 17.8. The zero-order valence-electron chi connectivity index (χ0n) is 12.5. The topological polar surface area (TPSA) is 68.5 Å². The predicted molar refractivity (Wildman–Crippen MR) is 81.0 cm³/mol. The van der Waals surface area contributed by atoms with Crippen LogP contribution in [0.2, 0.25) is 0 Å². The molecule has 5 nitrogen and oxygen atoms in total. The number of hydrogen-bond acceptors (Lipinski definition) is 4. The maximum atomic E-state index is 11.2. The van der Waals surface area contributed by atoms with Gasteiger partial charge in [-0.25, -0.2) is 0 Å². The molecule has 3 heterocycles. The maximum absolute atomic E-state index is 11.2. The molecule has 0 saturated carbocycles. The van der Waals surface area contributed by atoms with Gasteiger partial charge in [0.05, 0.1) is 6.10 Å². The van der Waals surface area contributed by atoms with Gasteiger partial charge in [-0.1, -0.05) is 0 Å². The van der Waals surface area contributed by atoms with Crippen LogP contribution in [0.5, 0.6) is 0 Å². The number of nitrogens with zero attached hydrogens (tertiary/aromatic N) is 2. The second kappa shape index (κ2) is 6.02. The first-order valence-corrected chi connectivity index (χ1v) is 7.75. The number of pyridine rings is 1. The summed E-state index contributed by atoms with van der Waals surface area (Å²) >= 11 is 0. The largest absolute Gasteiger partial charge is 0.371 e. The van der Waals surface area contributed by atoms with Gasteiger partial charge in [0.25, 0.3) is 0 Å². The Morgan fingerprint density at radius 3 is 2.71 bits per heavy atom. The molecule has 2 fully saturated rings. The SMILES string of the molecule is Cc1cnccc1N1CCC([C@@H]2CC[C@H](C(N)=O)O2)CC1. The summed E-state index contributed by atoms with van der Waals surface area (Å²) in [6, 6.07) is 2.09. The van der Waals surface area contributed by atoms with Crippen molar-refractivity contribution >= 4 is 11.6 Å². The summed E-state index contributed by atoms with van der Waals surface area (Å²) in [5.41, 5.74) is 7.83. The standard InChI is InChI=1S/C16H23N3O2/c1-11-10-18-7-4-13(11)19-8-5-12(6-9-19)14-2-3-15(21-14)16(17)20/h4,7,10,12,14-15H,2-3,5-6,8-9H2,1H3,(H2,17,20)/t14-,15+/m0/s1. The van der Waals surface area contributed by atoms with Crippen LogP contribution < -0.4 is 10.6 Å². The Morgan fingerprint density at radius 1 is 1.33 bits per heavy atom. The van der Waals surface area contributed by atoms with E-state index in [0.29, 0.717) is 5.92 Å². The van der Waals surface area contributed by atoms with Crippen molar-refractivity contribution in [3.63, 3.8) is 0 Å². The fourth-order valence-electron chi connectivity index (χ4n) is 3.55. The lowest BCUT2D eigenvalue weighted by molar-refractivity contribution is -0.130. The van der Waals surface area contributed by atoms with Crippen molar-refractivity contribution in [2.45, 2.75) is 44.8 Å². The Labute approximate surface area is 125 Å². The Kier molecular flexibility index (Phi) is 4.10. The Balaban J connectivity index is 1.56. The lowest BCUT2D eigenvalue weighted by atomic mass is 9.89. The van der Waals surface area contributed by atoms with Gasteiger partial charge in [-0.05, 0) is 50.2 Å². The molecular weight excluding hydrogens is 266 g/mol. The highest BCUT2D eigenvalue weighted by Gasteiger charge is 2.35. The summed E-state index contributed by atoms with van der Waals surface area (Å²) in [6.45, 7) is 4.18. The first-order valence-electron chi connectivity index (χ1n) is 7.75. The number of ether oxygens (including phenoxy) is 1. The number of aryl methyl sites for hydroxylation is 1. The molecule has 0 aromatic carbocycles. The fourth-order valence-corrected chi connectivity index (χ4v) is 3.55. The lowest BCUT2D eigenvalue weighted by Gasteiger charge is -2.36. The molecule has 1 aromatic rings. The van der Waals surface area contributed by atoms with E-state index in [1.807, 2.05) is 12.4 Å². The molecule has 0 spiro atoms. The summed E-state index contributed by atoms with van der Waals surface area (Å²) in [5, 5.41) is 0. The van der Waals surface area contributed by atoms with Gasteiger partial charge in [0.2, 0.25) is 5.91 Å². The first kappa shape index (κ1) is 14.3. The number of piperidine rings is 1. The Morgan fingerprint density at radius 2 is 2.10 bits per heavy atom. The number of carbonyl (C=O) groups is 1. The molecule has 2 aliphatic rings. The summed E-state index contributed by atoms with van der Waals surface area (Å²) < 4.78 is 5.82. The van der Waals surface area contributed by atoms with Crippen LogP contribution in [0.15, 0.2) is 18.5 Å². The van der Waals surface area contributed by atoms with Crippen molar-refractivity contribution in [2.75, 3.05) is 18.0 Å². The molecule has 114 valence electrons. The normalized spacial score (nSPS) is 27.0. The summed E-state index contributed by atoms with van der Waals surface area (Å²) in [7, 11) is 0. The zero-order chi connectivity index (χ0) is 14.8. The van der Waals surface area contributed by atoms with Gasteiger partial charge in [-0.2, -0.15) is 0 Å². The Bertz CT molecular complexity index is 512. The number of nitrogens with two attached hydrogens (primary N) is 1. The molecule has 2 N–H and O–H groups in total. The van der Waals surface area contributed by atoms with E-state index in [1.54, 1.807) is 0 Å². The zero-order valence-corrected chi connectivity index (χ0v) is 12.5. The van der Waals surface area contributed by atoms with E-state index in [4.69, 9.17) is 10.5 Å². The van der Waals surface area contributed by atoms with Gasteiger partial charge in [0.15, 0.2) is 0 Å². The van der Waals surface area contributed by atoms with Crippen LogP contribution in [0.1, 0.15) is 31.2 Å². The van der Waals surface area contributed by atoms with Crippen LogP contribution in [-0.2, 0) is 9.53 Å². The van der Waals surface area contributed by atoms with Crippen molar-refractivity contribution < 1.29 is 9.53 Å². The van der Waals surface area contributed by atoms with Crippen LogP contribution >= 0.6 is 0 Å². The minimum absolute atomic E-state index is 0.211. The van der Waals surface area contributed by atoms with Crippen LogP contribution in [0.4, 0.5) is 5.69 Å². The smallest absolute Gasteiger partial charge is 0.246 e. The highest BCUT2D eigenvalue weighted by Crippen LogP contribution is 2.33. The number of aromatic nitrogens is 1. The molecule has 1 aromatic heterocycles. The third-order valence-corrected chi connectivity index (χ3v) is 4.77. The van der Waals surface area contributed by atoms with E-state index in [1.165, 1.54) is 11.3 Å². The molecular formula is C16H23N3O2. The molecule has 1 amide bonds. The third kappa shape index (κ3) is 3.02. The second-order valence-corrected chi connectivity index (χ2v) is 6.13. The molecule has 0 unspecified atom stereocenters. The quantitative estimate of drug-likeness (QED) is 0.918. The highest BCUT2D eigenvalue weighted by molar-refractivity contribution is 5.79. The first-order chi connectivity index (χ1) is 10.1. The number of rotatable bonds is 3. The second-order valence-electron chi connectivity index (χ2n) is 6.13. The van der Waals surface area contributed by atoms with E-state index in [0.717, 1.165) is 38.8 Å². The van der Waals surface area contributed by atoms with E-state index < -0.39 is 0 Å². The number of anilines is 1. The van der Waals surface area contributed by atoms with Gasteiger partial charge in [0.1, 0.15) is 6.10 Å². The van der Waals surface area contributed by atoms with E-state index in [2.05, 4.69) is 22.9 Å². The van der Waals surface area contributed by atoms with Gasteiger partial charge in [-0.15, -0.1) is 0 Å². The molecule has 2 aliphatic heterocycles. The number of hydrogen-bond donors (Lipinski definition) is 1.